The number of aryl methyl sites for hydroxylation is 1. The molecule has 170 valence electrons. The van der Waals surface area contributed by atoms with Crippen LogP contribution in [0.4, 0.5) is 5.00 Å². The zero-order valence-electron chi connectivity index (χ0n) is 19.0. The molecule has 7 nitrogen and oxygen atoms in total. The third-order valence-corrected chi connectivity index (χ3v) is 7.52. The summed E-state index contributed by atoms with van der Waals surface area (Å²) in [7, 11) is 1.39. The summed E-state index contributed by atoms with van der Waals surface area (Å²) in [5.41, 5.74) is 1.59. The Morgan fingerprint density at radius 1 is 1.13 bits per heavy atom. The summed E-state index contributed by atoms with van der Waals surface area (Å²) < 4.78 is 7.12. The molecule has 0 unspecified atom stereocenters. The molecule has 31 heavy (non-hydrogen) atoms. The van der Waals surface area contributed by atoms with Crippen LogP contribution in [0.5, 0.6) is 0 Å². The van der Waals surface area contributed by atoms with E-state index in [1.165, 1.54) is 47.9 Å². The minimum absolute atomic E-state index is 0.159. The number of rotatable bonds is 7. The van der Waals surface area contributed by atoms with E-state index in [9.17, 15) is 9.59 Å². The summed E-state index contributed by atoms with van der Waals surface area (Å²) in [6, 6.07) is 0.209. The number of anilines is 1. The second-order valence-corrected chi connectivity index (χ2v) is 10.5. The highest BCUT2D eigenvalue weighted by molar-refractivity contribution is 7.99. The molecule has 0 radical (unpaired) electrons. The van der Waals surface area contributed by atoms with Crippen molar-refractivity contribution in [1.29, 1.82) is 0 Å². The largest absolute Gasteiger partial charge is 0.465 e. The Hall–Kier alpha value is -1.87. The molecule has 0 spiro atoms. The number of carbonyl (C=O) groups is 2. The minimum atomic E-state index is -0.373. The van der Waals surface area contributed by atoms with Gasteiger partial charge in [-0.1, -0.05) is 38.5 Å². The van der Waals surface area contributed by atoms with Crippen molar-refractivity contribution >= 4 is 40.0 Å². The van der Waals surface area contributed by atoms with Gasteiger partial charge >= 0.3 is 5.97 Å². The smallest absolute Gasteiger partial charge is 0.341 e. The molecular weight excluding hydrogens is 432 g/mol. The molecule has 1 aliphatic rings. The molecule has 1 amide bonds. The van der Waals surface area contributed by atoms with E-state index in [1.54, 1.807) is 0 Å². The molecular formula is C22H32N4O3S2. The number of methoxy groups -OCH3 is 1. The van der Waals surface area contributed by atoms with Crippen molar-refractivity contribution in [2.75, 3.05) is 18.2 Å². The van der Waals surface area contributed by atoms with Crippen molar-refractivity contribution in [3.05, 3.63) is 21.8 Å². The van der Waals surface area contributed by atoms with Gasteiger partial charge in [-0.3, -0.25) is 4.79 Å². The molecule has 0 fully saturated rings. The number of fused-ring (bicyclic) bond motifs is 1. The van der Waals surface area contributed by atoms with Crippen LogP contribution in [0.2, 0.25) is 0 Å². The Kier molecular flexibility index (Phi) is 8.16. The Morgan fingerprint density at radius 2 is 1.84 bits per heavy atom. The van der Waals surface area contributed by atoms with Crippen LogP contribution in [0.15, 0.2) is 5.16 Å². The van der Waals surface area contributed by atoms with Crippen molar-refractivity contribution in [3.63, 3.8) is 0 Å². The van der Waals surface area contributed by atoms with Gasteiger partial charge in [0.2, 0.25) is 5.91 Å². The Balaban J connectivity index is 1.76. The van der Waals surface area contributed by atoms with E-state index >= 15 is 0 Å². The molecule has 0 saturated carbocycles. The van der Waals surface area contributed by atoms with E-state index in [-0.39, 0.29) is 29.6 Å². The number of carbonyl (C=O) groups excluding carboxylic acids is 2. The standard InChI is InChI=1S/C22H32N4O3S2/c1-13(2)19-24-25-22(26(19)14(3)4)30-12-17(27)23-20-18(21(28)29-5)15-10-8-6-7-9-11-16(15)31-20/h13-14H,6-12H2,1-5H3,(H,23,27). The average molecular weight is 465 g/mol. The van der Waals surface area contributed by atoms with Gasteiger partial charge in [0.15, 0.2) is 5.16 Å². The summed E-state index contributed by atoms with van der Waals surface area (Å²) in [6.07, 6.45) is 6.35. The molecule has 1 aliphatic carbocycles. The molecule has 2 aromatic rings. The second kappa shape index (κ2) is 10.6. The lowest BCUT2D eigenvalue weighted by Gasteiger charge is -2.15. The van der Waals surface area contributed by atoms with E-state index in [0.717, 1.165) is 42.2 Å². The number of ether oxygens (including phenoxy) is 1. The van der Waals surface area contributed by atoms with Crippen molar-refractivity contribution in [1.82, 2.24) is 14.8 Å². The maximum Gasteiger partial charge on any atom is 0.341 e. The van der Waals surface area contributed by atoms with Crippen LogP contribution in [-0.2, 0) is 22.4 Å². The number of nitrogens with zero attached hydrogens (tertiary/aromatic N) is 3. The molecule has 0 atom stereocenters. The summed E-state index contributed by atoms with van der Waals surface area (Å²) in [4.78, 5) is 26.5. The number of hydrogen-bond donors (Lipinski definition) is 1. The summed E-state index contributed by atoms with van der Waals surface area (Å²) in [5, 5.41) is 12.9. The first-order chi connectivity index (χ1) is 14.8. The molecule has 2 heterocycles. The van der Waals surface area contributed by atoms with E-state index in [4.69, 9.17) is 4.74 Å². The number of thiophene rings is 1. The zero-order valence-corrected chi connectivity index (χ0v) is 20.6. The maximum absolute atomic E-state index is 12.8. The number of hydrogen-bond acceptors (Lipinski definition) is 7. The lowest BCUT2D eigenvalue weighted by molar-refractivity contribution is -0.113. The summed E-state index contributed by atoms with van der Waals surface area (Å²) in [5.74, 6) is 0.845. The number of aromatic nitrogens is 3. The molecule has 2 aromatic heterocycles. The summed E-state index contributed by atoms with van der Waals surface area (Å²) in [6.45, 7) is 8.34. The molecule has 1 N–H and O–H groups in total. The number of thioether (sulfide) groups is 1. The van der Waals surface area contributed by atoms with Crippen molar-refractivity contribution in [3.8, 4) is 0 Å². The topological polar surface area (TPSA) is 86.1 Å². The van der Waals surface area contributed by atoms with Crippen molar-refractivity contribution in [2.24, 2.45) is 0 Å². The SMILES string of the molecule is COC(=O)c1c(NC(=O)CSc2nnc(C(C)C)n2C(C)C)sc2c1CCCCCC2. The normalized spacial score (nSPS) is 14.3. The third-order valence-electron chi connectivity index (χ3n) is 5.37. The lowest BCUT2D eigenvalue weighted by atomic mass is 9.96. The van der Waals surface area contributed by atoms with Gasteiger partial charge in [-0.25, -0.2) is 4.79 Å². The van der Waals surface area contributed by atoms with E-state index in [0.29, 0.717) is 10.6 Å². The van der Waals surface area contributed by atoms with Crippen molar-refractivity contribution in [2.45, 2.75) is 83.3 Å². The predicted octanol–water partition coefficient (Wildman–Crippen LogP) is 5.22. The fraction of sp³-hybridized carbons (Fsp3) is 0.636. The minimum Gasteiger partial charge on any atom is -0.465 e. The van der Waals surface area contributed by atoms with Crippen LogP contribution in [0.3, 0.4) is 0 Å². The van der Waals surface area contributed by atoms with E-state index < -0.39 is 0 Å². The third kappa shape index (κ3) is 5.49. The fourth-order valence-corrected chi connectivity index (χ4v) is 6.05. The van der Waals surface area contributed by atoms with Gasteiger partial charge in [-0.15, -0.1) is 21.5 Å². The van der Waals surface area contributed by atoms with Crippen LogP contribution >= 0.6 is 23.1 Å². The predicted molar refractivity (Wildman–Crippen MR) is 125 cm³/mol. The first-order valence-corrected chi connectivity index (χ1v) is 12.7. The van der Waals surface area contributed by atoms with Gasteiger partial charge in [-0.05, 0) is 45.1 Å². The Labute approximate surface area is 192 Å². The molecule has 0 bridgehead atoms. The van der Waals surface area contributed by atoms with E-state index in [2.05, 4.69) is 47.8 Å². The number of esters is 1. The van der Waals surface area contributed by atoms with E-state index in [1.807, 2.05) is 0 Å². The monoisotopic (exact) mass is 464 g/mol. The molecule has 0 aliphatic heterocycles. The Morgan fingerprint density at radius 3 is 2.48 bits per heavy atom. The molecule has 9 heteroatoms. The van der Waals surface area contributed by atoms with Gasteiger partial charge in [0.1, 0.15) is 10.8 Å². The van der Waals surface area contributed by atoms with Gasteiger partial charge < -0.3 is 14.6 Å². The first kappa shape index (κ1) is 23.8. The van der Waals surface area contributed by atoms with Crippen LogP contribution in [0, 0.1) is 0 Å². The maximum atomic E-state index is 12.8. The average Bonchev–Trinajstić information content (AvgIpc) is 3.27. The van der Waals surface area contributed by atoms with Gasteiger partial charge in [-0.2, -0.15) is 0 Å². The van der Waals surface area contributed by atoms with Gasteiger partial charge in [0.25, 0.3) is 0 Å². The lowest BCUT2D eigenvalue weighted by Crippen LogP contribution is -2.17. The van der Waals surface area contributed by atoms with Crippen LogP contribution in [0.25, 0.3) is 0 Å². The molecule has 3 rings (SSSR count). The second-order valence-electron chi connectivity index (χ2n) is 8.41. The van der Waals surface area contributed by atoms with Crippen LogP contribution < -0.4 is 5.32 Å². The van der Waals surface area contributed by atoms with Crippen LogP contribution in [-0.4, -0.2) is 39.5 Å². The summed E-state index contributed by atoms with van der Waals surface area (Å²) >= 11 is 2.89. The van der Waals surface area contributed by atoms with Gasteiger partial charge in [0, 0.05) is 16.8 Å². The fourth-order valence-electron chi connectivity index (χ4n) is 3.88. The molecule has 0 saturated heterocycles. The first-order valence-electron chi connectivity index (χ1n) is 10.9. The highest BCUT2D eigenvalue weighted by Crippen LogP contribution is 2.37. The highest BCUT2D eigenvalue weighted by atomic mass is 32.2. The number of amides is 1. The Bertz CT molecular complexity index is 934. The zero-order chi connectivity index (χ0) is 22.5. The quantitative estimate of drug-likeness (QED) is 0.447. The van der Waals surface area contributed by atoms with Crippen LogP contribution in [0.1, 0.15) is 92.0 Å². The van der Waals surface area contributed by atoms with Gasteiger partial charge in [0.05, 0.1) is 18.4 Å². The number of nitrogens with one attached hydrogen (secondary N) is 1. The van der Waals surface area contributed by atoms with Crippen molar-refractivity contribution < 1.29 is 14.3 Å². The molecule has 0 aromatic carbocycles. The highest BCUT2D eigenvalue weighted by Gasteiger charge is 2.26.